The van der Waals surface area contributed by atoms with Crippen LogP contribution in [0.1, 0.15) is 64.7 Å². The van der Waals surface area contributed by atoms with Gasteiger partial charge in [-0.15, -0.1) is 10.2 Å². The molecular weight excluding hydrogens is 374 g/mol. The molecule has 7 nitrogen and oxygen atoms in total. The summed E-state index contributed by atoms with van der Waals surface area (Å²) >= 11 is 0. The molecule has 0 unspecified atom stereocenters. The van der Waals surface area contributed by atoms with Gasteiger partial charge in [-0.05, 0) is 50.2 Å². The molecule has 0 radical (unpaired) electrons. The van der Waals surface area contributed by atoms with E-state index in [4.69, 9.17) is 4.98 Å². The molecule has 1 saturated heterocycles. The number of hydrogen-bond acceptors (Lipinski definition) is 7. The van der Waals surface area contributed by atoms with E-state index in [0.29, 0.717) is 5.95 Å². The number of anilines is 3. The van der Waals surface area contributed by atoms with Gasteiger partial charge in [-0.3, -0.25) is 0 Å². The van der Waals surface area contributed by atoms with Crippen LogP contribution in [-0.4, -0.2) is 46.3 Å². The highest BCUT2D eigenvalue weighted by Crippen LogP contribution is 2.28. The van der Waals surface area contributed by atoms with Crippen LogP contribution in [0.3, 0.4) is 0 Å². The first-order chi connectivity index (χ1) is 14.8. The Balaban J connectivity index is 1.51. The van der Waals surface area contributed by atoms with Crippen molar-refractivity contribution in [1.82, 2.24) is 20.2 Å². The van der Waals surface area contributed by atoms with Crippen LogP contribution in [0.15, 0.2) is 18.3 Å². The molecule has 0 bridgehead atoms. The molecule has 0 spiro atoms. The van der Waals surface area contributed by atoms with Gasteiger partial charge in [0.15, 0.2) is 5.82 Å². The number of hydrogen-bond donors (Lipinski definition) is 2. The summed E-state index contributed by atoms with van der Waals surface area (Å²) in [6, 6.07) is 4.13. The van der Waals surface area contributed by atoms with Crippen molar-refractivity contribution in [1.29, 1.82) is 0 Å². The smallest absolute Gasteiger partial charge is 0.224 e. The minimum atomic E-state index is 0.681. The van der Waals surface area contributed by atoms with E-state index in [1.54, 1.807) is 0 Å². The highest BCUT2D eigenvalue weighted by molar-refractivity contribution is 5.72. The maximum Gasteiger partial charge on any atom is 0.224 e. The molecule has 3 heterocycles. The van der Waals surface area contributed by atoms with Gasteiger partial charge in [0, 0.05) is 32.4 Å². The van der Waals surface area contributed by atoms with Crippen LogP contribution < -0.4 is 15.5 Å². The molecule has 0 amide bonds. The molecule has 2 aliphatic rings. The minimum absolute atomic E-state index is 0.681. The molecule has 2 fully saturated rings. The van der Waals surface area contributed by atoms with Gasteiger partial charge in [-0.1, -0.05) is 32.6 Å². The number of rotatable bonds is 9. The second-order valence-electron chi connectivity index (χ2n) is 8.59. The fourth-order valence-electron chi connectivity index (χ4n) is 4.38. The number of unbranched alkanes of at least 4 members (excludes halogenated alkanes) is 1. The Labute approximate surface area is 180 Å². The first-order valence-corrected chi connectivity index (χ1v) is 11.8. The first-order valence-electron chi connectivity index (χ1n) is 11.8. The summed E-state index contributed by atoms with van der Waals surface area (Å²) in [6.07, 6.45) is 13.3. The monoisotopic (exact) mass is 409 g/mol. The predicted molar refractivity (Wildman–Crippen MR) is 123 cm³/mol. The van der Waals surface area contributed by atoms with Gasteiger partial charge in [-0.25, -0.2) is 4.98 Å². The van der Waals surface area contributed by atoms with Crippen molar-refractivity contribution in [3.05, 3.63) is 18.3 Å². The fourth-order valence-corrected chi connectivity index (χ4v) is 4.38. The van der Waals surface area contributed by atoms with Crippen molar-refractivity contribution >= 4 is 17.6 Å². The average Bonchev–Trinajstić information content (AvgIpc) is 3.34. The Morgan fingerprint density at radius 3 is 2.57 bits per heavy atom. The second kappa shape index (κ2) is 10.5. The van der Waals surface area contributed by atoms with E-state index >= 15 is 0 Å². The van der Waals surface area contributed by atoms with E-state index in [1.807, 2.05) is 6.20 Å². The van der Waals surface area contributed by atoms with Crippen LogP contribution in [0, 0.1) is 5.92 Å². The Bertz CT molecular complexity index is 781. The zero-order valence-corrected chi connectivity index (χ0v) is 18.2. The molecule has 1 aliphatic carbocycles. The zero-order valence-electron chi connectivity index (χ0n) is 18.2. The van der Waals surface area contributed by atoms with Gasteiger partial charge in [0.1, 0.15) is 5.82 Å². The summed E-state index contributed by atoms with van der Waals surface area (Å²) in [5, 5.41) is 16.0. The van der Waals surface area contributed by atoms with Crippen LogP contribution in [0.25, 0.3) is 11.3 Å². The van der Waals surface area contributed by atoms with Gasteiger partial charge in [0.2, 0.25) is 5.95 Å². The predicted octanol–water partition coefficient (Wildman–Crippen LogP) is 4.74. The van der Waals surface area contributed by atoms with Crippen LogP contribution in [0.5, 0.6) is 0 Å². The van der Waals surface area contributed by atoms with E-state index < -0.39 is 0 Å². The lowest BCUT2D eigenvalue weighted by Gasteiger charge is -2.22. The molecule has 162 valence electrons. The third-order valence-corrected chi connectivity index (χ3v) is 6.24. The summed E-state index contributed by atoms with van der Waals surface area (Å²) in [4.78, 5) is 11.6. The maximum atomic E-state index is 4.79. The first kappa shape index (κ1) is 20.8. The molecule has 1 saturated carbocycles. The van der Waals surface area contributed by atoms with Crippen LogP contribution in [0.4, 0.5) is 17.6 Å². The van der Waals surface area contributed by atoms with Crippen molar-refractivity contribution in [2.75, 3.05) is 41.7 Å². The number of nitrogens with zero attached hydrogens (tertiary/aromatic N) is 5. The summed E-state index contributed by atoms with van der Waals surface area (Å²) in [6.45, 7) is 6.18. The summed E-state index contributed by atoms with van der Waals surface area (Å²) in [5.74, 6) is 3.23. The Kier molecular flexibility index (Phi) is 7.32. The Hall–Kier alpha value is -2.44. The van der Waals surface area contributed by atoms with Gasteiger partial charge in [-0.2, -0.15) is 4.98 Å². The van der Waals surface area contributed by atoms with Crippen molar-refractivity contribution in [3.63, 3.8) is 0 Å². The minimum Gasteiger partial charge on any atom is -0.369 e. The second-order valence-corrected chi connectivity index (χ2v) is 8.59. The molecule has 0 aromatic carbocycles. The Morgan fingerprint density at radius 2 is 1.83 bits per heavy atom. The maximum absolute atomic E-state index is 4.79. The molecule has 2 aromatic heterocycles. The quantitative estimate of drug-likeness (QED) is 0.579. The standard InChI is InChI=1S/C23H35N7/c1-2-3-13-24-23-26-17-19(22(27-23)25-16-18-9-5-4-6-10-18)20-11-12-21(29-28-20)30-14-7-8-15-30/h11-12,17-18H,2-10,13-16H2,1H3,(H2,24,25,26,27). The highest BCUT2D eigenvalue weighted by atomic mass is 15.3. The molecular formula is C23H35N7. The molecule has 4 rings (SSSR count). The molecule has 2 aromatic rings. The third-order valence-electron chi connectivity index (χ3n) is 6.24. The Morgan fingerprint density at radius 1 is 1.00 bits per heavy atom. The van der Waals surface area contributed by atoms with Crippen LogP contribution >= 0.6 is 0 Å². The van der Waals surface area contributed by atoms with Crippen molar-refractivity contribution in [3.8, 4) is 11.3 Å². The van der Waals surface area contributed by atoms with Gasteiger partial charge in [0.25, 0.3) is 0 Å². The third kappa shape index (κ3) is 5.37. The normalized spacial score (nSPS) is 17.3. The fraction of sp³-hybridized carbons (Fsp3) is 0.652. The van der Waals surface area contributed by atoms with E-state index in [9.17, 15) is 0 Å². The van der Waals surface area contributed by atoms with Crippen molar-refractivity contribution < 1.29 is 0 Å². The molecule has 2 N–H and O–H groups in total. The summed E-state index contributed by atoms with van der Waals surface area (Å²) in [7, 11) is 0. The zero-order chi connectivity index (χ0) is 20.6. The summed E-state index contributed by atoms with van der Waals surface area (Å²) in [5.41, 5.74) is 1.75. The van der Waals surface area contributed by atoms with Gasteiger partial charge < -0.3 is 15.5 Å². The molecule has 1 aliphatic heterocycles. The average molecular weight is 410 g/mol. The molecule has 0 atom stereocenters. The molecule has 30 heavy (non-hydrogen) atoms. The number of aromatic nitrogens is 4. The summed E-state index contributed by atoms with van der Waals surface area (Å²) < 4.78 is 0. The van der Waals surface area contributed by atoms with Crippen molar-refractivity contribution in [2.24, 2.45) is 5.92 Å². The van der Waals surface area contributed by atoms with E-state index in [-0.39, 0.29) is 0 Å². The SMILES string of the molecule is CCCCNc1ncc(-c2ccc(N3CCCC3)nn2)c(NCC2CCCCC2)n1. The van der Waals surface area contributed by atoms with Crippen molar-refractivity contribution in [2.45, 2.75) is 64.7 Å². The lowest BCUT2D eigenvalue weighted by molar-refractivity contribution is 0.373. The van der Waals surface area contributed by atoms with E-state index in [1.165, 1.54) is 44.9 Å². The van der Waals surface area contributed by atoms with E-state index in [2.05, 4.69) is 49.8 Å². The topological polar surface area (TPSA) is 78.9 Å². The van der Waals surface area contributed by atoms with Crippen LogP contribution in [-0.2, 0) is 0 Å². The lowest BCUT2D eigenvalue weighted by atomic mass is 9.89. The van der Waals surface area contributed by atoms with Gasteiger partial charge in [0.05, 0.1) is 11.3 Å². The van der Waals surface area contributed by atoms with Crippen LogP contribution in [0.2, 0.25) is 0 Å². The number of nitrogens with one attached hydrogen (secondary N) is 2. The van der Waals surface area contributed by atoms with E-state index in [0.717, 1.165) is 67.8 Å². The lowest BCUT2D eigenvalue weighted by Crippen LogP contribution is -2.20. The van der Waals surface area contributed by atoms with Gasteiger partial charge >= 0.3 is 0 Å². The molecule has 7 heteroatoms. The largest absolute Gasteiger partial charge is 0.369 e. The highest BCUT2D eigenvalue weighted by Gasteiger charge is 2.18.